The van der Waals surface area contributed by atoms with Crippen LogP contribution in [0.25, 0.3) is 0 Å². The Morgan fingerprint density at radius 3 is 3.05 bits per heavy atom. The van der Waals surface area contributed by atoms with Gasteiger partial charge in [-0.25, -0.2) is 4.39 Å². The van der Waals surface area contributed by atoms with E-state index in [9.17, 15) is 4.39 Å². The lowest BCUT2D eigenvalue weighted by molar-refractivity contribution is 0.0882. The summed E-state index contributed by atoms with van der Waals surface area (Å²) in [6.07, 6.45) is 2.58. The first-order chi connectivity index (χ1) is 9.20. The monoisotopic (exact) mass is 263 g/mol. The number of rotatable bonds is 3. The molecular weight excluding hydrogens is 249 g/mol. The highest BCUT2D eigenvalue weighted by atomic mass is 19.1. The van der Waals surface area contributed by atoms with Crippen LogP contribution in [0, 0.1) is 5.82 Å². The molecule has 1 N–H and O–H groups in total. The molecule has 1 aromatic carbocycles. The molecular formula is C13H14FN3O2. The van der Waals surface area contributed by atoms with Crippen LogP contribution in [0.5, 0.6) is 11.6 Å². The summed E-state index contributed by atoms with van der Waals surface area (Å²) in [6.45, 7) is 0.623. The number of benzene rings is 1. The number of ether oxygens (including phenoxy) is 1. The van der Waals surface area contributed by atoms with Gasteiger partial charge in [0.2, 0.25) is 5.88 Å². The second kappa shape index (κ2) is 4.99. The third-order valence-corrected chi connectivity index (χ3v) is 2.94. The van der Waals surface area contributed by atoms with E-state index in [1.54, 1.807) is 30.1 Å². The Morgan fingerprint density at radius 1 is 1.47 bits per heavy atom. The number of aryl methyl sites for hydroxylation is 1. The first-order valence-electron chi connectivity index (χ1n) is 6.06. The number of hydrogen-bond donors (Lipinski definition) is 1. The maximum Gasteiger partial charge on any atom is 0.238 e. The number of nitrogens with one attached hydrogen (secondary N) is 1. The van der Waals surface area contributed by atoms with Gasteiger partial charge in [-0.2, -0.15) is 5.48 Å². The van der Waals surface area contributed by atoms with Crippen LogP contribution in [-0.2, 0) is 11.9 Å². The standard InChI is InChI=1S/C13H14FN3O2/c1-17-4-2-13(15-17)19-11-7-9(6-10(14)8-11)12-3-5-18-16-12/h2,4,6-8,12,16H,3,5H2,1H3/t12-/m1/s1. The van der Waals surface area contributed by atoms with Gasteiger partial charge in [-0.05, 0) is 24.1 Å². The van der Waals surface area contributed by atoms with Crippen molar-refractivity contribution in [2.75, 3.05) is 6.61 Å². The third kappa shape index (κ3) is 2.74. The minimum atomic E-state index is -0.336. The van der Waals surface area contributed by atoms with Gasteiger partial charge in [0.1, 0.15) is 11.6 Å². The van der Waals surface area contributed by atoms with E-state index in [4.69, 9.17) is 9.57 Å². The smallest absolute Gasteiger partial charge is 0.238 e. The molecule has 6 heteroatoms. The molecule has 1 aliphatic rings. The Bertz CT molecular complexity index is 579. The van der Waals surface area contributed by atoms with Gasteiger partial charge in [-0.3, -0.25) is 4.68 Å². The quantitative estimate of drug-likeness (QED) is 0.923. The highest BCUT2D eigenvalue weighted by molar-refractivity contribution is 5.34. The van der Waals surface area contributed by atoms with Gasteiger partial charge < -0.3 is 9.57 Å². The highest BCUT2D eigenvalue weighted by Gasteiger charge is 2.19. The number of hydrogen-bond acceptors (Lipinski definition) is 4. The lowest BCUT2D eigenvalue weighted by atomic mass is 10.1. The second-order valence-electron chi connectivity index (χ2n) is 4.46. The zero-order valence-corrected chi connectivity index (χ0v) is 10.5. The van der Waals surface area contributed by atoms with Crippen LogP contribution in [0.3, 0.4) is 0 Å². The van der Waals surface area contributed by atoms with Gasteiger partial charge in [-0.1, -0.05) is 0 Å². The fraction of sp³-hybridized carbons (Fsp3) is 0.308. The molecule has 2 heterocycles. The van der Waals surface area contributed by atoms with E-state index >= 15 is 0 Å². The minimum Gasteiger partial charge on any atom is -0.437 e. The first kappa shape index (κ1) is 12.1. The summed E-state index contributed by atoms with van der Waals surface area (Å²) >= 11 is 0. The van der Waals surface area contributed by atoms with Crippen LogP contribution < -0.4 is 10.2 Å². The molecule has 0 unspecified atom stereocenters. The summed E-state index contributed by atoms with van der Waals surface area (Å²) in [6, 6.07) is 6.35. The van der Waals surface area contributed by atoms with Crippen molar-refractivity contribution in [2.45, 2.75) is 12.5 Å². The lowest BCUT2D eigenvalue weighted by Gasteiger charge is -2.11. The molecule has 0 spiro atoms. The maximum absolute atomic E-state index is 13.6. The summed E-state index contributed by atoms with van der Waals surface area (Å²) in [5.74, 6) is 0.536. The first-order valence-corrected chi connectivity index (χ1v) is 6.06. The van der Waals surface area contributed by atoms with Crippen molar-refractivity contribution in [3.05, 3.63) is 41.8 Å². The summed E-state index contributed by atoms with van der Waals surface area (Å²) in [7, 11) is 1.80. The average Bonchev–Trinajstić information content (AvgIpc) is 3.00. The van der Waals surface area contributed by atoms with Crippen LogP contribution in [0.1, 0.15) is 18.0 Å². The molecule has 2 aromatic rings. The summed E-state index contributed by atoms with van der Waals surface area (Å²) < 4.78 is 20.8. The van der Waals surface area contributed by atoms with Crippen LogP contribution in [0.2, 0.25) is 0 Å². The molecule has 0 saturated carbocycles. The van der Waals surface area contributed by atoms with Crippen LogP contribution in [0.4, 0.5) is 4.39 Å². The summed E-state index contributed by atoms with van der Waals surface area (Å²) in [5.41, 5.74) is 3.66. The van der Waals surface area contributed by atoms with Crippen molar-refractivity contribution in [2.24, 2.45) is 7.05 Å². The molecule has 0 radical (unpaired) electrons. The van der Waals surface area contributed by atoms with Crippen molar-refractivity contribution in [3.8, 4) is 11.6 Å². The van der Waals surface area contributed by atoms with Crippen LogP contribution in [-0.4, -0.2) is 16.4 Å². The SMILES string of the molecule is Cn1ccc(Oc2cc(F)cc([C@H]3CCON3)c2)n1. The van der Waals surface area contributed by atoms with Crippen molar-refractivity contribution in [1.29, 1.82) is 0 Å². The Kier molecular flexibility index (Phi) is 3.18. The van der Waals surface area contributed by atoms with Gasteiger partial charge in [0.15, 0.2) is 0 Å². The summed E-state index contributed by atoms with van der Waals surface area (Å²) in [5, 5.41) is 4.09. The van der Waals surface area contributed by atoms with Gasteiger partial charge in [0, 0.05) is 25.4 Å². The Balaban J connectivity index is 1.84. The van der Waals surface area contributed by atoms with E-state index in [1.807, 2.05) is 0 Å². The Labute approximate surface area is 109 Å². The summed E-state index contributed by atoms with van der Waals surface area (Å²) in [4.78, 5) is 5.08. The number of halogens is 1. The number of hydroxylamine groups is 1. The Morgan fingerprint density at radius 2 is 2.37 bits per heavy atom. The Hall–Kier alpha value is -1.92. The van der Waals surface area contributed by atoms with E-state index in [-0.39, 0.29) is 11.9 Å². The number of nitrogens with zero attached hydrogens (tertiary/aromatic N) is 2. The molecule has 5 nitrogen and oxygen atoms in total. The molecule has 0 amide bonds. The molecule has 1 aliphatic heterocycles. The predicted molar refractivity (Wildman–Crippen MR) is 66.1 cm³/mol. The normalized spacial score (nSPS) is 18.7. The molecule has 1 atom stereocenters. The number of aromatic nitrogens is 2. The van der Waals surface area contributed by atoms with Crippen molar-refractivity contribution in [3.63, 3.8) is 0 Å². The minimum absolute atomic E-state index is 0.00165. The van der Waals surface area contributed by atoms with E-state index in [2.05, 4.69) is 10.6 Å². The zero-order valence-electron chi connectivity index (χ0n) is 10.5. The average molecular weight is 263 g/mol. The third-order valence-electron chi connectivity index (χ3n) is 2.94. The van der Waals surface area contributed by atoms with Gasteiger partial charge in [-0.15, -0.1) is 5.10 Å². The predicted octanol–water partition coefficient (Wildman–Crippen LogP) is 2.32. The molecule has 0 bridgehead atoms. The van der Waals surface area contributed by atoms with E-state index in [1.165, 1.54) is 12.1 Å². The molecule has 100 valence electrons. The van der Waals surface area contributed by atoms with Crippen LogP contribution >= 0.6 is 0 Å². The van der Waals surface area contributed by atoms with E-state index < -0.39 is 0 Å². The van der Waals surface area contributed by atoms with E-state index in [0.29, 0.717) is 18.2 Å². The fourth-order valence-corrected chi connectivity index (χ4v) is 2.04. The molecule has 0 aliphatic carbocycles. The molecule has 19 heavy (non-hydrogen) atoms. The van der Waals surface area contributed by atoms with Crippen molar-refractivity contribution >= 4 is 0 Å². The largest absolute Gasteiger partial charge is 0.437 e. The maximum atomic E-state index is 13.6. The van der Waals surface area contributed by atoms with Crippen molar-refractivity contribution < 1.29 is 14.0 Å². The molecule has 1 fully saturated rings. The topological polar surface area (TPSA) is 48.3 Å². The van der Waals surface area contributed by atoms with E-state index in [0.717, 1.165) is 12.0 Å². The zero-order chi connectivity index (χ0) is 13.2. The van der Waals surface area contributed by atoms with Gasteiger partial charge >= 0.3 is 0 Å². The van der Waals surface area contributed by atoms with Gasteiger partial charge in [0.05, 0.1) is 12.6 Å². The second-order valence-corrected chi connectivity index (χ2v) is 4.46. The molecule has 1 saturated heterocycles. The highest BCUT2D eigenvalue weighted by Crippen LogP contribution is 2.28. The van der Waals surface area contributed by atoms with Crippen molar-refractivity contribution in [1.82, 2.24) is 15.3 Å². The van der Waals surface area contributed by atoms with Crippen LogP contribution in [0.15, 0.2) is 30.5 Å². The molecule has 3 rings (SSSR count). The molecule has 1 aromatic heterocycles. The lowest BCUT2D eigenvalue weighted by Crippen LogP contribution is -2.11. The van der Waals surface area contributed by atoms with Gasteiger partial charge in [0.25, 0.3) is 0 Å². The fourth-order valence-electron chi connectivity index (χ4n) is 2.04.